The molecule has 5 unspecified atom stereocenters. The van der Waals surface area contributed by atoms with Crippen LogP contribution in [0.15, 0.2) is 0 Å². The molecule has 6 heteroatoms. The number of carbonyl (C=O) groups is 1. The van der Waals surface area contributed by atoms with Gasteiger partial charge in [-0.1, -0.05) is 234 Å². The molecule has 6 nitrogen and oxygen atoms in total. The van der Waals surface area contributed by atoms with Gasteiger partial charge in [0, 0.05) is 32.3 Å². The average Bonchev–Trinajstić information content (AvgIpc) is 3.91. The molecule has 1 amide bonds. The monoisotopic (exact) mass is 892 g/mol. The zero-order chi connectivity index (χ0) is 45.9. The molecule has 0 aromatic rings. The second-order valence-corrected chi connectivity index (χ2v) is 21.2. The predicted octanol–water partition coefficient (Wildman–Crippen LogP) is 17.9. The summed E-state index contributed by atoms with van der Waals surface area (Å²) >= 11 is 0. The molecular weight excluding hydrogens is 779 g/mol. The molecule has 376 valence electrons. The van der Waals surface area contributed by atoms with Gasteiger partial charge in [0.15, 0.2) is 0 Å². The molecule has 1 aliphatic carbocycles. The number of rotatable bonds is 50. The van der Waals surface area contributed by atoms with Crippen LogP contribution in [0.3, 0.4) is 0 Å². The highest BCUT2D eigenvalue weighted by Gasteiger charge is 2.50. The number of amides is 1. The van der Waals surface area contributed by atoms with Gasteiger partial charge in [-0.25, -0.2) is 4.79 Å². The van der Waals surface area contributed by atoms with Crippen molar-refractivity contribution in [3.05, 3.63) is 0 Å². The SMILES string of the molecule is CCCCCCCCCCCCCCCCCCOCC(C)C(OCCCCCCCCCCCCCCCCCC)C(C)CCCOC(=O)NCCC1CC1(C)OCCC(C)C. The highest BCUT2D eigenvalue weighted by Crippen LogP contribution is 2.48. The van der Waals surface area contributed by atoms with Gasteiger partial charge in [0.2, 0.25) is 0 Å². The largest absolute Gasteiger partial charge is 0.450 e. The Balaban J connectivity index is 2.26. The van der Waals surface area contributed by atoms with Crippen molar-refractivity contribution in [2.45, 2.75) is 298 Å². The summed E-state index contributed by atoms with van der Waals surface area (Å²) in [6, 6.07) is 0. The van der Waals surface area contributed by atoms with Crippen LogP contribution in [0.1, 0.15) is 286 Å². The maximum absolute atomic E-state index is 12.5. The Kier molecular flexibility index (Phi) is 41.7. The first-order chi connectivity index (χ1) is 30.7. The maximum atomic E-state index is 12.5. The Morgan fingerprint density at radius 1 is 0.524 bits per heavy atom. The van der Waals surface area contributed by atoms with Gasteiger partial charge >= 0.3 is 6.09 Å². The van der Waals surface area contributed by atoms with E-state index in [1.165, 1.54) is 193 Å². The molecule has 1 N–H and O–H groups in total. The lowest BCUT2D eigenvalue weighted by Crippen LogP contribution is -2.33. The summed E-state index contributed by atoms with van der Waals surface area (Å²) in [6.45, 7) is 20.3. The van der Waals surface area contributed by atoms with Gasteiger partial charge in [0.25, 0.3) is 0 Å². The lowest BCUT2D eigenvalue weighted by Gasteiger charge is -2.30. The van der Waals surface area contributed by atoms with Gasteiger partial charge < -0.3 is 24.3 Å². The minimum Gasteiger partial charge on any atom is -0.450 e. The Morgan fingerprint density at radius 2 is 0.952 bits per heavy atom. The van der Waals surface area contributed by atoms with E-state index < -0.39 is 0 Å². The first-order valence-corrected chi connectivity index (χ1v) is 28.5. The Hall–Kier alpha value is -0.850. The van der Waals surface area contributed by atoms with Gasteiger partial charge in [0.05, 0.1) is 24.9 Å². The van der Waals surface area contributed by atoms with Crippen molar-refractivity contribution >= 4 is 6.09 Å². The fraction of sp³-hybridized carbons (Fsp3) is 0.982. The van der Waals surface area contributed by atoms with E-state index in [1.54, 1.807) is 0 Å². The summed E-state index contributed by atoms with van der Waals surface area (Å²) in [5.41, 5.74) is -0.00507. The molecule has 5 atom stereocenters. The topological polar surface area (TPSA) is 66.0 Å². The molecular formula is C57H113NO5. The highest BCUT2D eigenvalue weighted by molar-refractivity contribution is 5.67. The van der Waals surface area contributed by atoms with Crippen molar-refractivity contribution in [2.75, 3.05) is 39.6 Å². The summed E-state index contributed by atoms with van der Waals surface area (Å²) in [6.07, 6.45) is 49.2. The maximum Gasteiger partial charge on any atom is 0.407 e. The van der Waals surface area contributed by atoms with E-state index in [0.29, 0.717) is 36.8 Å². The number of ether oxygens (including phenoxy) is 4. The normalized spacial score (nSPS) is 17.6. The average molecular weight is 893 g/mol. The lowest BCUT2D eigenvalue weighted by molar-refractivity contribution is -0.0482. The Morgan fingerprint density at radius 3 is 1.40 bits per heavy atom. The standard InChI is InChI=1S/C57H113NO5/c1-8-10-12-14-16-18-20-22-24-26-28-30-32-34-36-38-45-60-50-53(6)55(61-46-39-37-35-33-31-29-27-25-23-21-19-17-15-13-11-9-2)52(5)41-40-47-62-56(59)58-44-42-54-49-57(54,7)63-48-43-51(3)4/h51-55H,8-50H2,1-7H3,(H,58,59). The van der Waals surface area contributed by atoms with E-state index in [0.717, 1.165) is 71.4 Å². The highest BCUT2D eigenvalue weighted by atomic mass is 16.5. The summed E-state index contributed by atoms with van der Waals surface area (Å²) in [5, 5.41) is 2.98. The van der Waals surface area contributed by atoms with Crippen LogP contribution in [0.5, 0.6) is 0 Å². The number of hydrogen-bond acceptors (Lipinski definition) is 5. The minimum absolute atomic E-state index is 0.00507. The lowest BCUT2D eigenvalue weighted by atomic mass is 9.90. The van der Waals surface area contributed by atoms with E-state index in [2.05, 4.69) is 53.8 Å². The van der Waals surface area contributed by atoms with Crippen LogP contribution in [0.25, 0.3) is 0 Å². The van der Waals surface area contributed by atoms with Crippen LogP contribution in [0.2, 0.25) is 0 Å². The van der Waals surface area contributed by atoms with E-state index in [4.69, 9.17) is 18.9 Å². The smallest absolute Gasteiger partial charge is 0.407 e. The minimum atomic E-state index is -0.294. The van der Waals surface area contributed by atoms with Gasteiger partial charge in [-0.15, -0.1) is 0 Å². The van der Waals surface area contributed by atoms with E-state index in [9.17, 15) is 4.79 Å². The van der Waals surface area contributed by atoms with Crippen LogP contribution in [0.4, 0.5) is 4.79 Å². The number of carbonyl (C=O) groups excluding carboxylic acids is 1. The molecule has 0 saturated heterocycles. The van der Waals surface area contributed by atoms with E-state index in [1.807, 2.05) is 0 Å². The van der Waals surface area contributed by atoms with Crippen molar-refractivity contribution in [2.24, 2.45) is 23.7 Å². The number of hydrogen-bond donors (Lipinski definition) is 1. The molecule has 0 bridgehead atoms. The molecule has 0 aromatic carbocycles. The van der Waals surface area contributed by atoms with Crippen LogP contribution in [-0.2, 0) is 18.9 Å². The Bertz CT molecular complexity index is 961. The van der Waals surface area contributed by atoms with Crippen molar-refractivity contribution < 1.29 is 23.7 Å². The van der Waals surface area contributed by atoms with Gasteiger partial charge in [-0.05, 0) is 69.6 Å². The molecule has 0 aromatic heterocycles. The molecule has 0 radical (unpaired) electrons. The predicted molar refractivity (Wildman–Crippen MR) is 273 cm³/mol. The summed E-state index contributed by atoms with van der Waals surface area (Å²) < 4.78 is 24.7. The third-order valence-corrected chi connectivity index (χ3v) is 14.2. The third kappa shape index (κ3) is 37.9. The fourth-order valence-electron chi connectivity index (χ4n) is 9.55. The number of nitrogens with one attached hydrogen (secondary N) is 1. The van der Waals surface area contributed by atoms with E-state index >= 15 is 0 Å². The second-order valence-electron chi connectivity index (χ2n) is 21.2. The van der Waals surface area contributed by atoms with Gasteiger partial charge in [-0.3, -0.25) is 0 Å². The van der Waals surface area contributed by atoms with Gasteiger partial charge in [0.1, 0.15) is 0 Å². The molecule has 0 aliphatic heterocycles. The molecule has 63 heavy (non-hydrogen) atoms. The summed E-state index contributed by atoms with van der Waals surface area (Å²) in [5.74, 6) is 1.92. The Labute approximate surface area is 394 Å². The molecule has 1 aliphatic rings. The van der Waals surface area contributed by atoms with Crippen LogP contribution >= 0.6 is 0 Å². The molecule has 0 spiro atoms. The number of alkyl carbamates (subject to hydrolysis) is 1. The summed E-state index contributed by atoms with van der Waals surface area (Å²) in [7, 11) is 0. The molecule has 0 heterocycles. The molecule has 1 saturated carbocycles. The van der Waals surface area contributed by atoms with Crippen molar-refractivity contribution in [1.29, 1.82) is 0 Å². The zero-order valence-electron chi connectivity index (χ0n) is 43.8. The van der Waals surface area contributed by atoms with E-state index in [-0.39, 0.29) is 17.8 Å². The van der Waals surface area contributed by atoms with Crippen molar-refractivity contribution in [3.8, 4) is 0 Å². The molecule has 1 fully saturated rings. The zero-order valence-corrected chi connectivity index (χ0v) is 43.8. The quantitative estimate of drug-likeness (QED) is 0.0617. The first kappa shape index (κ1) is 60.2. The fourth-order valence-corrected chi connectivity index (χ4v) is 9.55. The summed E-state index contributed by atoms with van der Waals surface area (Å²) in [4.78, 5) is 12.5. The van der Waals surface area contributed by atoms with Crippen LogP contribution < -0.4 is 5.32 Å². The first-order valence-electron chi connectivity index (χ1n) is 28.5. The van der Waals surface area contributed by atoms with Crippen molar-refractivity contribution in [1.82, 2.24) is 5.32 Å². The van der Waals surface area contributed by atoms with Crippen LogP contribution in [-0.4, -0.2) is 57.4 Å². The third-order valence-electron chi connectivity index (χ3n) is 14.2. The second kappa shape index (κ2) is 43.7. The number of unbranched alkanes of at least 4 members (excludes halogenated alkanes) is 30. The van der Waals surface area contributed by atoms with Crippen LogP contribution in [0, 0.1) is 23.7 Å². The van der Waals surface area contributed by atoms with Crippen molar-refractivity contribution in [3.63, 3.8) is 0 Å². The van der Waals surface area contributed by atoms with Gasteiger partial charge in [-0.2, -0.15) is 0 Å². The molecule has 1 rings (SSSR count).